The number of aryl methyl sites for hydroxylation is 1. The Labute approximate surface area is 184 Å². The molecule has 4 rings (SSSR count). The number of ketones is 1. The highest BCUT2D eigenvalue weighted by Crippen LogP contribution is 2.33. The lowest BCUT2D eigenvalue weighted by Gasteiger charge is -2.07. The van der Waals surface area contributed by atoms with Crippen LogP contribution in [-0.4, -0.2) is 45.4 Å². The van der Waals surface area contributed by atoms with Gasteiger partial charge in [0.2, 0.25) is 5.95 Å². The van der Waals surface area contributed by atoms with Crippen molar-refractivity contribution in [3.8, 4) is 5.75 Å². The van der Waals surface area contributed by atoms with E-state index in [4.69, 9.17) is 4.74 Å². The minimum absolute atomic E-state index is 0.0420. The number of halogens is 3. The third-order valence-electron chi connectivity index (χ3n) is 4.60. The molecular weight excluding hydrogens is 447 g/mol. The number of rotatable bonds is 8. The van der Waals surface area contributed by atoms with Crippen LogP contribution in [0.4, 0.5) is 24.3 Å². The molecule has 0 saturated carbocycles. The lowest BCUT2D eigenvalue weighted by Crippen LogP contribution is -2.16. The molecule has 0 amide bonds. The molecule has 168 valence electrons. The summed E-state index contributed by atoms with van der Waals surface area (Å²) in [5.41, 5.74) is 2.10. The fourth-order valence-electron chi connectivity index (χ4n) is 3.11. The van der Waals surface area contributed by atoms with Crippen LogP contribution in [0, 0.1) is 0 Å². The predicted molar refractivity (Wildman–Crippen MR) is 114 cm³/mol. The Balaban J connectivity index is 1.56. The number of carbonyl (C=O) groups excluding carboxylic acids is 1. The molecule has 4 aromatic rings. The van der Waals surface area contributed by atoms with E-state index in [1.165, 1.54) is 24.4 Å². The minimum atomic E-state index is -4.76. The zero-order valence-corrected chi connectivity index (χ0v) is 17.9. The first-order valence-electron chi connectivity index (χ1n) is 9.51. The summed E-state index contributed by atoms with van der Waals surface area (Å²) in [5, 5.41) is 3.51. The number of methoxy groups -OCH3 is 1. The number of benzene rings is 1. The van der Waals surface area contributed by atoms with Gasteiger partial charge in [-0.25, -0.2) is 15.0 Å². The molecule has 0 unspecified atom stereocenters. The molecule has 0 aliphatic rings. The Morgan fingerprint density at radius 2 is 2.03 bits per heavy atom. The Bertz CT molecular complexity index is 1280. The Morgan fingerprint density at radius 3 is 2.78 bits per heavy atom. The van der Waals surface area contributed by atoms with Gasteiger partial charge in [-0.15, -0.1) is 13.2 Å². The number of anilines is 2. The molecule has 12 heteroatoms. The van der Waals surface area contributed by atoms with Crippen molar-refractivity contribution in [1.29, 1.82) is 0 Å². The van der Waals surface area contributed by atoms with Crippen LogP contribution in [0.3, 0.4) is 0 Å². The lowest BCUT2D eigenvalue weighted by atomic mass is 10.1. The van der Waals surface area contributed by atoms with Crippen LogP contribution < -0.4 is 10.1 Å². The van der Waals surface area contributed by atoms with Crippen LogP contribution in [-0.2, 0) is 11.8 Å². The first-order chi connectivity index (χ1) is 15.2. The van der Waals surface area contributed by atoms with Gasteiger partial charge in [-0.05, 0) is 24.6 Å². The molecule has 0 bridgehead atoms. The summed E-state index contributed by atoms with van der Waals surface area (Å²) in [7, 11) is 3.34. The van der Waals surface area contributed by atoms with Crippen molar-refractivity contribution in [3.63, 3.8) is 0 Å². The van der Waals surface area contributed by atoms with Gasteiger partial charge in [0, 0.05) is 45.0 Å². The molecular formula is C20H18F3N5O3S. The van der Waals surface area contributed by atoms with Crippen LogP contribution in [0.5, 0.6) is 5.75 Å². The van der Waals surface area contributed by atoms with Crippen LogP contribution in [0.25, 0.3) is 21.4 Å². The van der Waals surface area contributed by atoms with Gasteiger partial charge in [-0.2, -0.15) is 0 Å². The van der Waals surface area contributed by atoms with E-state index in [1.807, 2.05) is 0 Å². The second-order valence-corrected chi connectivity index (χ2v) is 7.93. The standard InChI is InChI=1S/C20H18F3N5O3S/c1-28-17-14(8-11(10-24-17)15(29)4-3-7-30-2)25-18(28)27-19-26-13-6-5-12(9-16(13)32-19)31-20(21,22)23/h5-6,8-10H,3-4,7H2,1-2H3,(H,25,26,27). The van der Waals surface area contributed by atoms with E-state index in [0.29, 0.717) is 57.5 Å². The smallest absolute Gasteiger partial charge is 0.406 e. The average Bonchev–Trinajstić information content (AvgIpc) is 3.26. The molecule has 0 saturated heterocycles. The molecule has 0 aliphatic heterocycles. The van der Waals surface area contributed by atoms with Gasteiger partial charge in [0.05, 0.1) is 10.2 Å². The number of ether oxygens (including phenoxy) is 2. The maximum Gasteiger partial charge on any atom is 0.573 e. The number of aromatic nitrogens is 4. The third kappa shape index (κ3) is 4.81. The number of pyridine rings is 1. The van der Waals surface area contributed by atoms with Crippen LogP contribution in [0.15, 0.2) is 30.5 Å². The number of fused-ring (bicyclic) bond motifs is 2. The van der Waals surface area contributed by atoms with E-state index in [1.54, 1.807) is 24.8 Å². The molecule has 0 aliphatic carbocycles. The number of nitrogens with zero attached hydrogens (tertiary/aromatic N) is 4. The van der Waals surface area contributed by atoms with Gasteiger partial charge in [0.15, 0.2) is 16.6 Å². The molecule has 1 aromatic carbocycles. The number of nitrogens with one attached hydrogen (secondary N) is 1. The monoisotopic (exact) mass is 465 g/mol. The molecule has 0 radical (unpaired) electrons. The van der Waals surface area contributed by atoms with E-state index in [2.05, 4.69) is 25.0 Å². The van der Waals surface area contributed by atoms with Gasteiger partial charge in [-0.1, -0.05) is 11.3 Å². The SMILES string of the molecule is COCCCC(=O)c1cnc2c(c1)nc(Nc1nc3ccc(OC(F)(F)F)cc3s1)n2C. The van der Waals surface area contributed by atoms with Crippen LogP contribution in [0.1, 0.15) is 23.2 Å². The minimum Gasteiger partial charge on any atom is -0.406 e. The van der Waals surface area contributed by atoms with E-state index in [0.717, 1.165) is 11.3 Å². The topological polar surface area (TPSA) is 91.2 Å². The molecule has 0 spiro atoms. The van der Waals surface area contributed by atoms with E-state index in [9.17, 15) is 18.0 Å². The average molecular weight is 465 g/mol. The number of alkyl halides is 3. The van der Waals surface area contributed by atoms with Crippen molar-refractivity contribution < 1.29 is 27.4 Å². The first kappa shape index (κ1) is 22.0. The third-order valence-corrected chi connectivity index (χ3v) is 5.53. The summed E-state index contributed by atoms with van der Waals surface area (Å²) in [6.07, 6.45) is -2.27. The maximum absolute atomic E-state index is 12.4. The van der Waals surface area contributed by atoms with Gasteiger partial charge < -0.3 is 14.8 Å². The Morgan fingerprint density at radius 1 is 1.22 bits per heavy atom. The second-order valence-electron chi connectivity index (χ2n) is 6.90. The molecule has 8 nitrogen and oxygen atoms in total. The fraction of sp³-hybridized carbons (Fsp3) is 0.300. The van der Waals surface area contributed by atoms with Crippen molar-refractivity contribution >= 4 is 49.6 Å². The van der Waals surface area contributed by atoms with Gasteiger partial charge in [-0.3, -0.25) is 9.36 Å². The highest BCUT2D eigenvalue weighted by molar-refractivity contribution is 7.22. The first-order valence-corrected chi connectivity index (χ1v) is 10.3. The lowest BCUT2D eigenvalue weighted by molar-refractivity contribution is -0.274. The Kier molecular flexibility index (Phi) is 5.98. The molecule has 32 heavy (non-hydrogen) atoms. The molecule has 3 aromatic heterocycles. The molecule has 0 atom stereocenters. The number of thiazole rings is 1. The van der Waals surface area contributed by atoms with Crippen LogP contribution >= 0.6 is 11.3 Å². The molecule has 1 N–H and O–H groups in total. The molecule has 0 fully saturated rings. The van der Waals surface area contributed by atoms with Crippen molar-refractivity contribution in [1.82, 2.24) is 19.5 Å². The quantitative estimate of drug-likeness (QED) is 0.294. The van der Waals surface area contributed by atoms with Crippen molar-refractivity contribution in [3.05, 3.63) is 36.0 Å². The second kappa shape index (κ2) is 8.71. The van der Waals surface area contributed by atoms with Gasteiger partial charge in [0.1, 0.15) is 11.3 Å². The van der Waals surface area contributed by atoms with E-state index < -0.39 is 6.36 Å². The van der Waals surface area contributed by atoms with E-state index >= 15 is 0 Å². The normalized spacial score (nSPS) is 11.9. The summed E-state index contributed by atoms with van der Waals surface area (Å²) in [4.78, 5) is 25.5. The number of Topliss-reactive ketones (excluding diaryl/α,β-unsaturated/α-hetero) is 1. The summed E-state index contributed by atoms with van der Waals surface area (Å²) in [6, 6.07) is 5.63. The van der Waals surface area contributed by atoms with E-state index in [-0.39, 0.29) is 11.5 Å². The summed E-state index contributed by atoms with van der Waals surface area (Å²) in [5.74, 6) is 0.0804. The largest absolute Gasteiger partial charge is 0.573 e. The summed E-state index contributed by atoms with van der Waals surface area (Å²) < 4.78 is 48.5. The number of hydrogen-bond acceptors (Lipinski definition) is 8. The number of carbonyl (C=O) groups is 1. The van der Waals surface area contributed by atoms with Crippen molar-refractivity contribution in [2.75, 3.05) is 19.0 Å². The van der Waals surface area contributed by atoms with Gasteiger partial charge in [0.25, 0.3) is 0 Å². The maximum atomic E-state index is 12.4. The van der Waals surface area contributed by atoms with Crippen molar-refractivity contribution in [2.45, 2.75) is 19.2 Å². The summed E-state index contributed by atoms with van der Waals surface area (Å²) in [6.45, 7) is 0.505. The molecule has 3 heterocycles. The van der Waals surface area contributed by atoms with Crippen molar-refractivity contribution in [2.24, 2.45) is 7.05 Å². The Hall–Kier alpha value is -3.25. The van der Waals surface area contributed by atoms with Gasteiger partial charge >= 0.3 is 6.36 Å². The zero-order chi connectivity index (χ0) is 22.9. The number of hydrogen-bond donors (Lipinski definition) is 1. The zero-order valence-electron chi connectivity index (χ0n) is 17.1. The highest BCUT2D eigenvalue weighted by atomic mass is 32.1. The number of imidazole rings is 1. The summed E-state index contributed by atoms with van der Waals surface area (Å²) >= 11 is 1.16. The van der Waals surface area contributed by atoms with Crippen LogP contribution in [0.2, 0.25) is 0 Å². The predicted octanol–water partition coefficient (Wildman–Crippen LogP) is 4.83. The fourth-order valence-corrected chi connectivity index (χ4v) is 4.00. The highest BCUT2D eigenvalue weighted by Gasteiger charge is 2.31.